The van der Waals surface area contributed by atoms with E-state index in [-0.39, 0.29) is 0 Å². The van der Waals surface area contributed by atoms with Crippen molar-refractivity contribution in [1.82, 2.24) is 0 Å². The smallest absolute Gasteiger partial charge is 0.00515 e. The van der Waals surface area contributed by atoms with E-state index in [1.165, 1.54) is 19.3 Å². The second kappa shape index (κ2) is 4.76. The van der Waals surface area contributed by atoms with Crippen molar-refractivity contribution >= 4 is 0 Å². The van der Waals surface area contributed by atoms with E-state index in [0.717, 1.165) is 6.54 Å². The van der Waals surface area contributed by atoms with E-state index in [2.05, 4.69) is 27.7 Å². The molecule has 0 fully saturated rings. The van der Waals surface area contributed by atoms with E-state index < -0.39 is 0 Å². The molecule has 0 heterocycles. The van der Waals surface area contributed by atoms with Crippen molar-refractivity contribution in [2.75, 3.05) is 6.54 Å². The summed E-state index contributed by atoms with van der Waals surface area (Å²) in [5.74, 6) is 0.695. The standard InChI is InChI=1S/C10H23N/c1-5-10(3,4)7-6-9(2)8-11/h9H,5-8,11H2,1-4H3/t9-/m1/s1. The molecule has 11 heavy (non-hydrogen) atoms. The van der Waals surface area contributed by atoms with E-state index >= 15 is 0 Å². The fourth-order valence-electron chi connectivity index (χ4n) is 0.932. The Balaban J connectivity index is 3.52. The average Bonchev–Trinajstić information content (AvgIpc) is 2.00. The van der Waals surface area contributed by atoms with Gasteiger partial charge in [0.15, 0.2) is 0 Å². The Morgan fingerprint density at radius 2 is 1.91 bits per heavy atom. The molecule has 0 radical (unpaired) electrons. The zero-order valence-electron chi connectivity index (χ0n) is 8.48. The first-order valence-electron chi connectivity index (χ1n) is 4.72. The first kappa shape index (κ1) is 11.0. The third-order valence-corrected chi connectivity index (χ3v) is 2.67. The topological polar surface area (TPSA) is 26.0 Å². The van der Waals surface area contributed by atoms with Crippen LogP contribution in [0, 0.1) is 11.3 Å². The SMILES string of the molecule is CCC(C)(C)CC[C@@H](C)CN. The Morgan fingerprint density at radius 3 is 2.27 bits per heavy atom. The predicted octanol–water partition coefficient (Wildman–Crippen LogP) is 2.80. The van der Waals surface area contributed by atoms with E-state index in [9.17, 15) is 0 Å². The molecular weight excluding hydrogens is 134 g/mol. The normalized spacial score (nSPS) is 15.0. The van der Waals surface area contributed by atoms with Gasteiger partial charge >= 0.3 is 0 Å². The molecule has 1 atom stereocenters. The third-order valence-electron chi connectivity index (χ3n) is 2.67. The van der Waals surface area contributed by atoms with Crippen molar-refractivity contribution in [2.45, 2.75) is 47.0 Å². The quantitative estimate of drug-likeness (QED) is 0.652. The van der Waals surface area contributed by atoms with Crippen molar-refractivity contribution < 1.29 is 0 Å². The minimum atomic E-state index is 0.517. The van der Waals surface area contributed by atoms with Gasteiger partial charge in [0.05, 0.1) is 0 Å². The van der Waals surface area contributed by atoms with Gasteiger partial charge in [-0.3, -0.25) is 0 Å². The van der Waals surface area contributed by atoms with Crippen LogP contribution in [0.15, 0.2) is 0 Å². The van der Waals surface area contributed by atoms with Crippen LogP contribution in [0.25, 0.3) is 0 Å². The van der Waals surface area contributed by atoms with Crippen LogP contribution in [0.3, 0.4) is 0 Å². The van der Waals surface area contributed by atoms with Crippen LogP contribution in [-0.4, -0.2) is 6.54 Å². The van der Waals surface area contributed by atoms with E-state index in [1.54, 1.807) is 0 Å². The van der Waals surface area contributed by atoms with E-state index in [0.29, 0.717) is 11.3 Å². The lowest BCUT2D eigenvalue weighted by molar-refractivity contribution is 0.290. The summed E-state index contributed by atoms with van der Waals surface area (Å²) < 4.78 is 0. The van der Waals surface area contributed by atoms with E-state index in [4.69, 9.17) is 5.73 Å². The van der Waals surface area contributed by atoms with Gasteiger partial charge in [-0.2, -0.15) is 0 Å². The summed E-state index contributed by atoms with van der Waals surface area (Å²) in [7, 11) is 0. The molecule has 0 aliphatic carbocycles. The van der Waals surface area contributed by atoms with Crippen molar-refractivity contribution in [2.24, 2.45) is 17.1 Å². The van der Waals surface area contributed by atoms with Gasteiger partial charge in [-0.15, -0.1) is 0 Å². The van der Waals surface area contributed by atoms with Gasteiger partial charge in [-0.1, -0.05) is 34.1 Å². The predicted molar refractivity (Wildman–Crippen MR) is 51.5 cm³/mol. The zero-order chi connectivity index (χ0) is 8.91. The molecule has 0 aliphatic rings. The van der Waals surface area contributed by atoms with Gasteiger partial charge in [-0.25, -0.2) is 0 Å². The molecule has 0 aliphatic heterocycles. The van der Waals surface area contributed by atoms with Gasteiger partial charge in [0.2, 0.25) is 0 Å². The van der Waals surface area contributed by atoms with Crippen LogP contribution in [0.1, 0.15) is 47.0 Å². The Kier molecular flexibility index (Phi) is 4.74. The molecule has 1 heteroatoms. The molecule has 0 aromatic carbocycles. The highest BCUT2D eigenvalue weighted by atomic mass is 14.5. The molecule has 68 valence electrons. The van der Waals surface area contributed by atoms with Gasteiger partial charge in [0.25, 0.3) is 0 Å². The second-order valence-corrected chi connectivity index (χ2v) is 4.40. The Labute approximate surface area is 71.4 Å². The van der Waals surface area contributed by atoms with Crippen molar-refractivity contribution in [3.8, 4) is 0 Å². The Morgan fingerprint density at radius 1 is 1.36 bits per heavy atom. The molecule has 0 aromatic heterocycles. The van der Waals surface area contributed by atoms with Crippen LogP contribution >= 0.6 is 0 Å². The zero-order valence-corrected chi connectivity index (χ0v) is 8.48. The maximum atomic E-state index is 5.54. The van der Waals surface area contributed by atoms with Gasteiger partial charge in [0.1, 0.15) is 0 Å². The first-order valence-corrected chi connectivity index (χ1v) is 4.72. The largest absolute Gasteiger partial charge is 0.330 e. The second-order valence-electron chi connectivity index (χ2n) is 4.40. The summed E-state index contributed by atoms with van der Waals surface area (Å²) in [5.41, 5.74) is 6.06. The highest BCUT2D eigenvalue weighted by molar-refractivity contribution is 4.68. The fourth-order valence-corrected chi connectivity index (χ4v) is 0.932. The molecule has 0 amide bonds. The third kappa shape index (κ3) is 5.25. The molecule has 0 aromatic rings. The Hall–Kier alpha value is -0.0400. The maximum Gasteiger partial charge on any atom is -0.00515 e. The number of rotatable bonds is 5. The molecule has 0 unspecified atom stereocenters. The van der Waals surface area contributed by atoms with E-state index in [1.807, 2.05) is 0 Å². The molecule has 0 bridgehead atoms. The maximum absolute atomic E-state index is 5.54. The first-order chi connectivity index (χ1) is 5.02. The number of hydrogen-bond donors (Lipinski definition) is 1. The van der Waals surface area contributed by atoms with Crippen LogP contribution in [0.5, 0.6) is 0 Å². The summed E-state index contributed by atoms with van der Waals surface area (Å²) in [6.45, 7) is 9.98. The minimum Gasteiger partial charge on any atom is -0.330 e. The van der Waals surface area contributed by atoms with Gasteiger partial charge < -0.3 is 5.73 Å². The molecule has 0 saturated heterocycles. The molecular formula is C10H23N. The minimum absolute atomic E-state index is 0.517. The lowest BCUT2D eigenvalue weighted by atomic mass is 9.83. The van der Waals surface area contributed by atoms with Crippen molar-refractivity contribution in [1.29, 1.82) is 0 Å². The van der Waals surface area contributed by atoms with Crippen LogP contribution in [0.4, 0.5) is 0 Å². The molecule has 1 nitrogen and oxygen atoms in total. The average molecular weight is 157 g/mol. The van der Waals surface area contributed by atoms with Crippen LogP contribution in [0.2, 0.25) is 0 Å². The van der Waals surface area contributed by atoms with Gasteiger partial charge in [0, 0.05) is 0 Å². The fraction of sp³-hybridized carbons (Fsp3) is 1.00. The summed E-state index contributed by atoms with van der Waals surface area (Å²) >= 11 is 0. The van der Waals surface area contributed by atoms with Crippen LogP contribution in [-0.2, 0) is 0 Å². The summed E-state index contributed by atoms with van der Waals surface area (Å²) in [6.07, 6.45) is 3.85. The lowest BCUT2D eigenvalue weighted by Crippen LogP contribution is -2.15. The molecule has 2 N–H and O–H groups in total. The van der Waals surface area contributed by atoms with Crippen molar-refractivity contribution in [3.63, 3.8) is 0 Å². The Bertz CT molecular complexity index is 97.0. The highest BCUT2D eigenvalue weighted by Crippen LogP contribution is 2.27. The summed E-state index contributed by atoms with van der Waals surface area (Å²) in [4.78, 5) is 0. The molecule has 0 saturated carbocycles. The summed E-state index contributed by atoms with van der Waals surface area (Å²) in [6, 6.07) is 0. The number of hydrogen-bond acceptors (Lipinski definition) is 1. The van der Waals surface area contributed by atoms with Gasteiger partial charge in [-0.05, 0) is 30.7 Å². The van der Waals surface area contributed by atoms with Crippen molar-refractivity contribution in [3.05, 3.63) is 0 Å². The molecule has 0 spiro atoms. The summed E-state index contributed by atoms with van der Waals surface area (Å²) in [5, 5.41) is 0. The van der Waals surface area contributed by atoms with Crippen LogP contribution < -0.4 is 5.73 Å². The number of nitrogens with two attached hydrogens (primary N) is 1. The highest BCUT2D eigenvalue weighted by Gasteiger charge is 2.15. The monoisotopic (exact) mass is 157 g/mol. The lowest BCUT2D eigenvalue weighted by Gasteiger charge is -2.23. The molecule has 0 rings (SSSR count).